The third-order valence-corrected chi connectivity index (χ3v) is 0.672. The van der Waals surface area contributed by atoms with E-state index in [1.807, 2.05) is 13.8 Å². The SMILES string of the molecule is CC.Fc1cncc(F)c1. The second kappa shape index (κ2) is 4.85. The van der Waals surface area contributed by atoms with E-state index in [9.17, 15) is 8.78 Å². The smallest absolute Gasteiger partial charge is 0.144 e. The summed E-state index contributed by atoms with van der Waals surface area (Å²) in [5.74, 6) is -1.30. The molecule has 0 saturated heterocycles. The second-order valence-electron chi connectivity index (χ2n) is 1.32. The van der Waals surface area contributed by atoms with Gasteiger partial charge in [-0.15, -0.1) is 0 Å². The first-order valence-electron chi connectivity index (χ1n) is 3.05. The summed E-state index contributed by atoms with van der Waals surface area (Å²) in [6.07, 6.45) is 1.90. The van der Waals surface area contributed by atoms with Crippen LogP contribution in [0.3, 0.4) is 0 Å². The van der Waals surface area contributed by atoms with Crippen molar-refractivity contribution < 1.29 is 8.78 Å². The van der Waals surface area contributed by atoms with Gasteiger partial charge in [0.15, 0.2) is 0 Å². The molecule has 0 N–H and O–H groups in total. The van der Waals surface area contributed by atoms with Crippen LogP contribution in [0.2, 0.25) is 0 Å². The summed E-state index contributed by atoms with van der Waals surface area (Å²) in [5, 5.41) is 0. The van der Waals surface area contributed by atoms with Gasteiger partial charge in [-0.1, -0.05) is 13.8 Å². The summed E-state index contributed by atoms with van der Waals surface area (Å²) in [4.78, 5) is 3.23. The maximum absolute atomic E-state index is 11.9. The van der Waals surface area contributed by atoms with Gasteiger partial charge in [-0.2, -0.15) is 0 Å². The van der Waals surface area contributed by atoms with Crippen LogP contribution < -0.4 is 0 Å². The molecular formula is C7H9F2N. The van der Waals surface area contributed by atoms with Gasteiger partial charge in [0.25, 0.3) is 0 Å². The lowest BCUT2D eigenvalue weighted by molar-refractivity contribution is 0.573. The Morgan fingerprint density at radius 2 is 1.50 bits per heavy atom. The molecule has 0 aromatic carbocycles. The van der Waals surface area contributed by atoms with E-state index in [0.717, 1.165) is 18.5 Å². The van der Waals surface area contributed by atoms with E-state index < -0.39 is 11.6 Å². The Hall–Kier alpha value is -0.990. The Bertz CT molecular complexity index is 171. The van der Waals surface area contributed by atoms with Gasteiger partial charge in [-0.3, -0.25) is 4.98 Å². The van der Waals surface area contributed by atoms with Crippen LogP contribution in [-0.2, 0) is 0 Å². The number of halogens is 2. The largest absolute Gasteiger partial charge is 0.259 e. The third kappa shape index (κ3) is 3.12. The minimum atomic E-state index is -0.648. The van der Waals surface area contributed by atoms with Crippen molar-refractivity contribution in [3.05, 3.63) is 30.1 Å². The zero-order chi connectivity index (χ0) is 7.98. The molecule has 0 radical (unpaired) electrons. The van der Waals surface area contributed by atoms with Crippen LogP contribution in [0, 0.1) is 11.6 Å². The van der Waals surface area contributed by atoms with Gasteiger partial charge in [0, 0.05) is 6.07 Å². The lowest BCUT2D eigenvalue weighted by Crippen LogP contribution is -1.78. The van der Waals surface area contributed by atoms with E-state index in [4.69, 9.17) is 0 Å². The van der Waals surface area contributed by atoms with Gasteiger partial charge >= 0.3 is 0 Å². The molecule has 1 rings (SSSR count). The van der Waals surface area contributed by atoms with E-state index in [2.05, 4.69) is 4.98 Å². The quantitative estimate of drug-likeness (QED) is 0.546. The molecule has 10 heavy (non-hydrogen) atoms. The van der Waals surface area contributed by atoms with E-state index in [-0.39, 0.29) is 0 Å². The van der Waals surface area contributed by atoms with Crippen molar-refractivity contribution in [2.75, 3.05) is 0 Å². The zero-order valence-corrected chi connectivity index (χ0v) is 5.94. The van der Waals surface area contributed by atoms with E-state index in [0.29, 0.717) is 0 Å². The van der Waals surface area contributed by atoms with Crippen molar-refractivity contribution in [2.24, 2.45) is 0 Å². The van der Waals surface area contributed by atoms with Crippen LogP contribution in [0.1, 0.15) is 13.8 Å². The van der Waals surface area contributed by atoms with Crippen LogP contribution in [0.5, 0.6) is 0 Å². The average molecular weight is 145 g/mol. The minimum Gasteiger partial charge on any atom is -0.259 e. The van der Waals surface area contributed by atoms with Crippen molar-refractivity contribution >= 4 is 0 Å². The van der Waals surface area contributed by atoms with E-state index >= 15 is 0 Å². The first-order chi connectivity index (χ1) is 4.79. The molecular weight excluding hydrogens is 136 g/mol. The van der Waals surface area contributed by atoms with Crippen molar-refractivity contribution in [3.8, 4) is 0 Å². The first kappa shape index (κ1) is 9.01. The lowest BCUT2D eigenvalue weighted by Gasteiger charge is -1.83. The number of hydrogen-bond donors (Lipinski definition) is 0. The maximum atomic E-state index is 11.9. The monoisotopic (exact) mass is 145 g/mol. The van der Waals surface area contributed by atoms with Gasteiger partial charge in [-0.05, 0) is 0 Å². The average Bonchev–Trinajstić information content (AvgIpc) is 1.91. The summed E-state index contributed by atoms with van der Waals surface area (Å²) in [6, 6.07) is 0.771. The van der Waals surface area contributed by atoms with E-state index in [1.165, 1.54) is 0 Å². The van der Waals surface area contributed by atoms with Gasteiger partial charge in [0.2, 0.25) is 0 Å². The zero-order valence-electron chi connectivity index (χ0n) is 5.94. The number of pyridine rings is 1. The van der Waals surface area contributed by atoms with Gasteiger partial charge in [0.1, 0.15) is 11.6 Å². The Labute approximate surface area is 58.7 Å². The molecule has 1 aromatic heterocycles. The molecule has 0 saturated carbocycles. The summed E-state index contributed by atoms with van der Waals surface area (Å²) >= 11 is 0. The highest BCUT2D eigenvalue weighted by Gasteiger charge is 1.89. The summed E-state index contributed by atoms with van der Waals surface area (Å²) in [7, 11) is 0. The molecule has 0 aliphatic rings. The van der Waals surface area contributed by atoms with Gasteiger partial charge < -0.3 is 0 Å². The molecule has 1 heterocycles. The fourth-order valence-corrected chi connectivity index (χ4v) is 0.386. The summed E-state index contributed by atoms with van der Waals surface area (Å²) in [5.41, 5.74) is 0. The highest BCUT2D eigenvalue weighted by atomic mass is 19.1. The third-order valence-electron chi connectivity index (χ3n) is 0.672. The first-order valence-corrected chi connectivity index (χ1v) is 3.05. The summed E-state index contributed by atoms with van der Waals surface area (Å²) < 4.78 is 23.7. The molecule has 56 valence electrons. The Kier molecular flexibility index (Phi) is 4.37. The molecule has 0 aliphatic carbocycles. The molecule has 1 aromatic rings. The number of rotatable bonds is 0. The number of hydrogen-bond acceptors (Lipinski definition) is 1. The van der Waals surface area contributed by atoms with Crippen molar-refractivity contribution in [3.63, 3.8) is 0 Å². The van der Waals surface area contributed by atoms with Gasteiger partial charge in [0.05, 0.1) is 12.4 Å². The van der Waals surface area contributed by atoms with Gasteiger partial charge in [-0.25, -0.2) is 8.78 Å². The topological polar surface area (TPSA) is 12.9 Å². The highest BCUT2D eigenvalue weighted by Crippen LogP contribution is 1.95. The molecule has 3 heteroatoms. The Balaban J connectivity index is 0.000000371. The summed E-state index contributed by atoms with van der Waals surface area (Å²) in [6.45, 7) is 4.00. The number of nitrogens with zero attached hydrogens (tertiary/aromatic N) is 1. The molecule has 0 aliphatic heterocycles. The van der Waals surface area contributed by atoms with Crippen molar-refractivity contribution in [1.82, 2.24) is 4.98 Å². The lowest BCUT2D eigenvalue weighted by atomic mass is 10.5. The standard InChI is InChI=1S/C5H3F2N.C2H6/c6-4-1-5(7)3-8-2-4;1-2/h1-3H;1-2H3. The van der Waals surface area contributed by atoms with Crippen LogP contribution >= 0.6 is 0 Å². The minimum absolute atomic E-state index is 0.648. The van der Waals surface area contributed by atoms with Crippen molar-refractivity contribution in [2.45, 2.75) is 13.8 Å². The predicted octanol–water partition coefficient (Wildman–Crippen LogP) is 2.39. The van der Waals surface area contributed by atoms with Crippen LogP contribution in [0.25, 0.3) is 0 Å². The van der Waals surface area contributed by atoms with Crippen LogP contribution in [-0.4, -0.2) is 4.98 Å². The van der Waals surface area contributed by atoms with Crippen LogP contribution in [0.4, 0.5) is 8.78 Å². The fourth-order valence-electron chi connectivity index (χ4n) is 0.386. The second-order valence-corrected chi connectivity index (χ2v) is 1.32. The molecule has 0 bridgehead atoms. The normalized spacial score (nSPS) is 8.00. The fraction of sp³-hybridized carbons (Fsp3) is 0.286. The van der Waals surface area contributed by atoms with Crippen molar-refractivity contribution in [1.29, 1.82) is 0 Å². The molecule has 0 fully saturated rings. The Morgan fingerprint density at radius 1 is 1.10 bits per heavy atom. The molecule has 0 atom stereocenters. The van der Waals surface area contributed by atoms with Crippen LogP contribution in [0.15, 0.2) is 18.5 Å². The highest BCUT2D eigenvalue weighted by molar-refractivity contribution is 4.95. The molecule has 1 nitrogen and oxygen atoms in total. The van der Waals surface area contributed by atoms with E-state index in [1.54, 1.807) is 0 Å². The molecule has 0 unspecified atom stereocenters. The Morgan fingerprint density at radius 3 is 1.70 bits per heavy atom. The predicted molar refractivity (Wildman–Crippen MR) is 35.5 cm³/mol. The maximum Gasteiger partial charge on any atom is 0.144 e. The number of aromatic nitrogens is 1. The molecule has 0 spiro atoms. The molecule has 0 amide bonds.